The van der Waals surface area contributed by atoms with E-state index in [1.165, 1.54) is 96.6 Å². The topological polar surface area (TPSA) is 12.0 Å². The van der Waals surface area contributed by atoms with Gasteiger partial charge in [-0.25, -0.2) is 4.39 Å². The predicted molar refractivity (Wildman–Crippen MR) is 159 cm³/mol. The van der Waals surface area contributed by atoms with Gasteiger partial charge in [-0.1, -0.05) is 55.2 Å². The van der Waals surface area contributed by atoms with Crippen molar-refractivity contribution in [2.45, 2.75) is 122 Å². The van der Waals surface area contributed by atoms with Gasteiger partial charge in [-0.3, -0.25) is 0 Å². The molecule has 2 saturated carbocycles. The van der Waals surface area contributed by atoms with Gasteiger partial charge in [-0.05, 0) is 163 Å². The molecular weight excluding hydrogens is 465 g/mol. The van der Waals surface area contributed by atoms with Crippen molar-refractivity contribution in [2.24, 2.45) is 53.3 Å². The van der Waals surface area contributed by atoms with Crippen LogP contribution in [0.15, 0.2) is 35.5 Å². The molecule has 2 heteroatoms. The molecule has 0 aromatic rings. The van der Waals surface area contributed by atoms with Crippen LogP contribution < -0.4 is 5.32 Å². The number of allylic oxidation sites excluding steroid dienone is 6. The molecule has 8 atom stereocenters. The van der Waals surface area contributed by atoms with Crippen molar-refractivity contribution in [3.63, 3.8) is 0 Å². The van der Waals surface area contributed by atoms with Crippen LogP contribution in [0.1, 0.15) is 116 Å². The highest BCUT2D eigenvalue weighted by molar-refractivity contribution is 5.24. The molecule has 6 aliphatic rings. The molecule has 3 fully saturated rings. The molecule has 1 nitrogen and oxygen atoms in total. The van der Waals surface area contributed by atoms with Gasteiger partial charge >= 0.3 is 0 Å². The van der Waals surface area contributed by atoms with Gasteiger partial charge in [-0.2, -0.15) is 0 Å². The SMILES string of the molecule is CCC(CCCC1CCC(F)CC1)C1=CC2C=C(C3CCC4CC(C5CCNC5)C=CC4C3)CCC2CC1. The van der Waals surface area contributed by atoms with Gasteiger partial charge in [0.05, 0.1) is 0 Å². The van der Waals surface area contributed by atoms with Crippen LogP contribution in [-0.4, -0.2) is 19.3 Å². The Balaban J connectivity index is 1.04. The van der Waals surface area contributed by atoms with Crippen LogP contribution >= 0.6 is 0 Å². The fourth-order valence-electron chi connectivity index (χ4n) is 9.85. The van der Waals surface area contributed by atoms with E-state index in [9.17, 15) is 4.39 Å². The minimum absolute atomic E-state index is 0.510. The molecule has 0 radical (unpaired) electrons. The van der Waals surface area contributed by atoms with E-state index in [0.29, 0.717) is 0 Å². The molecule has 212 valence electrons. The molecule has 8 unspecified atom stereocenters. The first-order valence-corrected chi connectivity index (χ1v) is 17.1. The Kier molecular flexibility index (Phi) is 9.15. The number of hydrogen-bond donors (Lipinski definition) is 1. The van der Waals surface area contributed by atoms with Crippen molar-refractivity contribution in [1.82, 2.24) is 5.32 Å². The van der Waals surface area contributed by atoms with Crippen LogP contribution in [0, 0.1) is 53.3 Å². The Hall–Kier alpha value is -0.890. The fraction of sp³-hybridized carbons (Fsp3) is 0.833. The maximum absolute atomic E-state index is 13.5. The lowest BCUT2D eigenvalue weighted by Gasteiger charge is -2.43. The molecule has 6 rings (SSSR count). The zero-order valence-corrected chi connectivity index (χ0v) is 24.4. The molecule has 5 aliphatic carbocycles. The number of fused-ring (bicyclic) bond motifs is 2. The third-order valence-electron chi connectivity index (χ3n) is 12.4. The molecule has 0 aromatic heterocycles. The van der Waals surface area contributed by atoms with Crippen LogP contribution in [0.3, 0.4) is 0 Å². The lowest BCUT2D eigenvalue weighted by atomic mass is 9.62. The minimum atomic E-state index is -0.510. The molecule has 38 heavy (non-hydrogen) atoms. The number of alkyl halides is 1. The van der Waals surface area contributed by atoms with Gasteiger partial charge < -0.3 is 5.32 Å². The summed E-state index contributed by atoms with van der Waals surface area (Å²) in [5.74, 6) is 7.62. The summed E-state index contributed by atoms with van der Waals surface area (Å²) in [6.45, 7) is 4.90. The molecule has 0 spiro atoms. The van der Waals surface area contributed by atoms with E-state index in [4.69, 9.17) is 0 Å². The second-order valence-electron chi connectivity index (χ2n) is 14.5. The monoisotopic (exact) mass is 521 g/mol. The number of nitrogens with one attached hydrogen (secondary N) is 1. The van der Waals surface area contributed by atoms with Crippen molar-refractivity contribution in [2.75, 3.05) is 13.1 Å². The van der Waals surface area contributed by atoms with Crippen LogP contribution in [0.5, 0.6) is 0 Å². The summed E-state index contributed by atoms with van der Waals surface area (Å²) in [5.41, 5.74) is 3.64. The minimum Gasteiger partial charge on any atom is -0.316 e. The Bertz CT molecular complexity index is 857. The van der Waals surface area contributed by atoms with Gasteiger partial charge in [0.15, 0.2) is 0 Å². The Labute approximate surface area is 233 Å². The number of hydrogen-bond acceptors (Lipinski definition) is 1. The normalized spacial score (nSPS) is 42.1. The highest BCUT2D eigenvalue weighted by atomic mass is 19.1. The van der Waals surface area contributed by atoms with Crippen molar-refractivity contribution in [3.05, 3.63) is 35.5 Å². The van der Waals surface area contributed by atoms with E-state index < -0.39 is 6.17 Å². The van der Waals surface area contributed by atoms with E-state index in [1.807, 2.05) is 5.57 Å². The summed E-state index contributed by atoms with van der Waals surface area (Å²) < 4.78 is 13.5. The Morgan fingerprint density at radius 1 is 0.842 bits per heavy atom. The molecule has 0 amide bonds. The first kappa shape index (κ1) is 27.3. The molecular formula is C36H56FN. The average Bonchev–Trinajstić information content (AvgIpc) is 3.50. The molecule has 1 N–H and O–H groups in total. The third-order valence-corrected chi connectivity index (χ3v) is 12.4. The largest absolute Gasteiger partial charge is 0.316 e. The van der Waals surface area contributed by atoms with Gasteiger partial charge in [0.25, 0.3) is 0 Å². The standard InChI is InChI=1S/C36H56FN/c1-2-26(5-3-4-25-6-16-36(37)17-7-25)28-10-8-27-9-11-32(23-35(27)22-28)30-12-13-31-21-33(15-14-29(31)20-30)34-18-19-38-24-34/h14-15,22-23,25-27,29-31,33-36,38H,2-13,16-21,24H2,1H3. The second kappa shape index (κ2) is 12.7. The predicted octanol–water partition coefficient (Wildman–Crippen LogP) is 9.60. The first-order valence-electron chi connectivity index (χ1n) is 17.1. The average molecular weight is 522 g/mol. The van der Waals surface area contributed by atoms with Crippen molar-refractivity contribution < 1.29 is 4.39 Å². The second-order valence-corrected chi connectivity index (χ2v) is 14.5. The zero-order chi connectivity index (χ0) is 25.9. The molecule has 0 bridgehead atoms. The zero-order valence-electron chi connectivity index (χ0n) is 24.4. The molecule has 0 aromatic carbocycles. The summed E-state index contributed by atoms with van der Waals surface area (Å²) in [6.07, 6.45) is 32.4. The maximum Gasteiger partial charge on any atom is 0.100 e. The van der Waals surface area contributed by atoms with Crippen LogP contribution in [0.2, 0.25) is 0 Å². The highest BCUT2D eigenvalue weighted by Crippen LogP contribution is 2.49. The van der Waals surface area contributed by atoms with E-state index in [2.05, 4.69) is 36.5 Å². The van der Waals surface area contributed by atoms with E-state index in [-0.39, 0.29) is 0 Å². The van der Waals surface area contributed by atoms with E-state index >= 15 is 0 Å². The van der Waals surface area contributed by atoms with Gasteiger partial charge in [0.2, 0.25) is 0 Å². The summed E-state index contributed by atoms with van der Waals surface area (Å²) >= 11 is 0. The van der Waals surface area contributed by atoms with Crippen LogP contribution in [0.4, 0.5) is 4.39 Å². The fourth-order valence-corrected chi connectivity index (χ4v) is 9.85. The first-order chi connectivity index (χ1) is 18.7. The Morgan fingerprint density at radius 2 is 1.66 bits per heavy atom. The summed E-state index contributed by atoms with van der Waals surface area (Å²) in [4.78, 5) is 0. The maximum atomic E-state index is 13.5. The quantitative estimate of drug-likeness (QED) is 0.314. The van der Waals surface area contributed by atoms with Gasteiger partial charge in [0, 0.05) is 0 Å². The lowest BCUT2D eigenvalue weighted by Crippen LogP contribution is -2.32. The van der Waals surface area contributed by atoms with Crippen molar-refractivity contribution in [1.29, 1.82) is 0 Å². The summed E-state index contributed by atoms with van der Waals surface area (Å²) in [7, 11) is 0. The molecule has 1 heterocycles. The number of halogens is 1. The van der Waals surface area contributed by atoms with Gasteiger partial charge in [0.1, 0.15) is 6.17 Å². The van der Waals surface area contributed by atoms with Gasteiger partial charge in [-0.15, -0.1) is 0 Å². The van der Waals surface area contributed by atoms with E-state index in [0.717, 1.165) is 78.9 Å². The smallest absolute Gasteiger partial charge is 0.100 e. The van der Waals surface area contributed by atoms with Crippen LogP contribution in [-0.2, 0) is 0 Å². The van der Waals surface area contributed by atoms with Crippen molar-refractivity contribution in [3.8, 4) is 0 Å². The molecule has 1 aliphatic heterocycles. The summed E-state index contributed by atoms with van der Waals surface area (Å²) in [6, 6.07) is 0. The summed E-state index contributed by atoms with van der Waals surface area (Å²) in [5, 5.41) is 3.60. The van der Waals surface area contributed by atoms with Crippen molar-refractivity contribution >= 4 is 0 Å². The third kappa shape index (κ3) is 6.37. The number of rotatable bonds is 8. The molecule has 1 saturated heterocycles. The lowest BCUT2D eigenvalue weighted by molar-refractivity contribution is 0.174. The highest BCUT2D eigenvalue weighted by Gasteiger charge is 2.38. The Morgan fingerprint density at radius 3 is 2.45 bits per heavy atom. The van der Waals surface area contributed by atoms with Crippen LogP contribution in [0.25, 0.3) is 0 Å². The van der Waals surface area contributed by atoms with E-state index in [1.54, 1.807) is 5.57 Å².